The predicted octanol–water partition coefficient (Wildman–Crippen LogP) is 3.08. The molecule has 1 aliphatic rings. The first-order chi connectivity index (χ1) is 10.4. The van der Waals surface area contributed by atoms with Crippen LogP contribution in [0.5, 0.6) is 0 Å². The summed E-state index contributed by atoms with van der Waals surface area (Å²) in [6.45, 7) is 5.51. The lowest BCUT2D eigenvalue weighted by Crippen LogP contribution is -2.50. The topological polar surface area (TPSA) is 52.6 Å². The Bertz CT molecular complexity index is 502. The summed E-state index contributed by atoms with van der Waals surface area (Å²) < 4.78 is 12.9. The average molecular weight is 308 g/mol. The molecular weight excluding hydrogens is 283 g/mol. The molecule has 0 aromatic heterocycles. The fourth-order valence-corrected chi connectivity index (χ4v) is 2.60. The molecule has 0 spiro atoms. The summed E-state index contributed by atoms with van der Waals surface area (Å²) in [5.41, 5.74) is 0.877. The first-order valence-corrected chi connectivity index (χ1v) is 7.84. The molecule has 0 aliphatic carbocycles. The zero-order chi connectivity index (χ0) is 16.2. The van der Waals surface area contributed by atoms with Crippen molar-refractivity contribution in [3.05, 3.63) is 35.6 Å². The fourth-order valence-electron chi connectivity index (χ4n) is 2.60. The largest absolute Gasteiger partial charge is 0.396 e. The Balaban J connectivity index is 1.77. The summed E-state index contributed by atoms with van der Waals surface area (Å²) in [4.78, 5) is 13.9. The molecule has 1 aliphatic heterocycles. The van der Waals surface area contributed by atoms with Crippen molar-refractivity contribution in [1.82, 2.24) is 10.2 Å². The molecule has 22 heavy (non-hydrogen) atoms. The number of nitrogens with one attached hydrogen (secondary N) is 1. The van der Waals surface area contributed by atoms with Crippen LogP contribution >= 0.6 is 0 Å². The Hall–Kier alpha value is -1.62. The van der Waals surface area contributed by atoms with E-state index in [4.69, 9.17) is 0 Å². The Morgan fingerprint density at radius 1 is 1.41 bits per heavy atom. The van der Waals surface area contributed by atoms with Crippen LogP contribution in [-0.4, -0.2) is 35.7 Å². The maximum absolute atomic E-state index is 12.9. The number of aliphatic hydroxyl groups is 1. The number of benzene rings is 1. The minimum atomic E-state index is -0.259. The van der Waals surface area contributed by atoms with Crippen molar-refractivity contribution < 1.29 is 14.3 Å². The van der Waals surface area contributed by atoms with Gasteiger partial charge < -0.3 is 15.3 Å². The number of carbonyl (C=O) groups excluding carboxylic acids is 1. The van der Waals surface area contributed by atoms with E-state index in [1.807, 2.05) is 13.8 Å². The average Bonchev–Trinajstić information content (AvgIpc) is 2.45. The molecule has 0 bridgehead atoms. The monoisotopic (exact) mass is 308 g/mol. The molecule has 1 heterocycles. The lowest BCUT2D eigenvalue weighted by atomic mass is 9.89. The lowest BCUT2D eigenvalue weighted by molar-refractivity contribution is 0.114. The number of aliphatic hydroxyl groups excluding tert-OH is 1. The number of rotatable bonds is 6. The molecule has 122 valence electrons. The van der Waals surface area contributed by atoms with Gasteiger partial charge in [-0.1, -0.05) is 26.0 Å². The molecular formula is C17H25FN2O2. The smallest absolute Gasteiger partial charge is 0.317 e. The quantitative estimate of drug-likeness (QED) is 0.794. The second-order valence-corrected chi connectivity index (χ2v) is 6.71. The molecule has 4 nitrogen and oxygen atoms in total. The first kappa shape index (κ1) is 16.7. The van der Waals surface area contributed by atoms with Gasteiger partial charge >= 0.3 is 6.03 Å². The van der Waals surface area contributed by atoms with Crippen LogP contribution in [-0.2, 0) is 0 Å². The van der Waals surface area contributed by atoms with Crippen LogP contribution in [0.4, 0.5) is 9.18 Å². The third-order valence-electron chi connectivity index (χ3n) is 4.27. The highest BCUT2D eigenvalue weighted by Crippen LogP contribution is 2.33. The van der Waals surface area contributed by atoms with Gasteiger partial charge in [-0.2, -0.15) is 0 Å². The van der Waals surface area contributed by atoms with Crippen LogP contribution in [0.15, 0.2) is 24.3 Å². The number of hydrogen-bond donors (Lipinski definition) is 2. The summed E-state index contributed by atoms with van der Waals surface area (Å²) in [6.07, 6.45) is 2.62. The van der Waals surface area contributed by atoms with E-state index in [1.54, 1.807) is 17.0 Å². The second-order valence-electron chi connectivity index (χ2n) is 6.71. The van der Waals surface area contributed by atoms with E-state index >= 15 is 0 Å². The van der Waals surface area contributed by atoms with Crippen molar-refractivity contribution in [2.45, 2.75) is 39.2 Å². The van der Waals surface area contributed by atoms with Crippen molar-refractivity contribution >= 4 is 6.03 Å². The number of amides is 2. The van der Waals surface area contributed by atoms with E-state index in [0.717, 1.165) is 31.4 Å². The number of nitrogens with zero attached hydrogens (tertiary/aromatic N) is 1. The molecule has 2 N–H and O–H groups in total. The Kier molecular flexibility index (Phi) is 5.40. The van der Waals surface area contributed by atoms with Crippen molar-refractivity contribution in [3.63, 3.8) is 0 Å². The number of halogens is 1. The highest BCUT2D eigenvalue weighted by Gasteiger charge is 2.33. The van der Waals surface area contributed by atoms with E-state index in [9.17, 15) is 14.3 Å². The third-order valence-corrected chi connectivity index (χ3v) is 4.27. The van der Waals surface area contributed by atoms with E-state index in [-0.39, 0.29) is 29.9 Å². The molecule has 1 atom stereocenters. The summed E-state index contributed by atoms with van der Waals surface area (Å²) in [6, 6.07) is 6.32. The molecule has 5 heteroatoms. The van der Waals surface area contributed by atoms with E-state index < -0.39 is 0 Å². The lowest BCUT2D eigenvalue weighted by Gasteiger charge is -2.41. The van der Waals surface area contributed by atoms with Gasteiger partial charge in [0.1, 0.15) is 5.82 Å². The van der Waals surface area contributed by atoms with Gasteiger partial charge in [-0.15, -0.1) is 0 Å². The SMILES string of the molecule is CC(C)(CO)CCCNC(=O)N1CCC1c1ccc(F)cc1. The maximum Gasteiger partial charge on any atom is 0.317 e. The van der Waals surface area contributed by atoms with Gasteiger partial charge in [0.05, 0.1) is 6.04 Å². The van der Waals surface area contributed by atoms with Crippen LogP contribution in [0.25, 0.3) is 0 Å². The molecule has 0 radical (unpaired) electrons. The van der Waals surface area contributed by atoms with E-state index in [0.29, 0.717) is 6.54 Å². The van der Waals surface area contributed by atoms with Crippen LogP contribution < -0.4 is 5.32 Å². The minimum Gasteiger partial charge on any atom is -0.396 e. The van der Waals surface area contributed by atoms with E-state index in [2.05, 4.69) is 5.32 Å². The zero-order valence-electron chi connectivity index (χ0n) is 13.3. The maximum atomic E-state index is 12.9. The van der Waals surface area contributed by atoms with Gasteiger partial charge in [-0.3, -0.25) is 0 Å². The molecule has 1 aromatic carbocycles. The predicted molar refractivity (Wildman–Crippen MR) is 84.0 cm³/mol. The number of hydrogen-bond acceptors (Lipinski definition) is 2. The Morgan fingerprint density at radius 3 is 2.64 bits per heavy atom. The highest BCUT2D eigenvalue weighted by atomic mass is 19.1. The fraction of sp³-hybridized carbons (Fsp3) is 0.588. The van der Waals surface area contributed by atoms with Crippen LogP contribution in [0.3, 0.4) is 0 Å². The van der Waals surface area contributed by atoms with Crippen molar-refractivity contribution in [1.29, 1.82) is 0 Å². The third kappa shape index (κ3) is 4.19. The molecule has 1 unspecified atom stereocenters. The van der Waals surface area contributed by atoms with Crippen molar-refractivity contribution in [2.75, 3.05) is 19.7 Å². The molecule has 1 aromatic rings. The molecule has 0 saturated carbocycles. The van der Waals surface area contributed by atoms with Gasteiger partial charge in [0.2, 0.25) is 0 Å². The van der Waals surface area contributed by atoms with Gasteiger partial charge in [0.15, 0.2) is 0 Å². The van der Waals surface area contributed by atoms with Gasteiger partial charge in [0, 0.05) is 19.7 Å². The standard InChI is InChI=1S/C17H25FN2O2/c1-17(2,12-21)9-3-10-19-16(22)20-11-8-15(20)13-4-6-14(18)7-5-13/h4-7,15,21H,3,8-12H2,1-2H3,(H,19,22). The highest BCUT2D eigenvalue weighted by molar-refractivity contribution is 5.75. The van der Waals surface area contributed by atoms with Gasteiger partial charge in [0.25, 0.3) is 0 Å². The zero-order valence-corrected chi connectivity index (χ0v) is 13.3. The minimum absolute atomic E-state index is 0.0504. The normalized spacial score (nSPS) is 18.0. The van der Waals surface area contributed by atoms with E-state index in [1.165, 1.54) is 12.1 Å². The Morgan fingerprint density at radius 2 is 2.09 bits per heavy atom. The molecule has 2 rings (SSSR count). The number of carbonyl (C=O) groups is 1. The summed E-state index contributed by atoms with van der Waals surface area (Å²) in [5.74, 6) is -0.259. The summed E-state index contributed by atoms with van der Waals surface area (Å²) in [5, 5.41) is 12.1. The molecule has 2 amide bonds. The van der Waals surface area contributed by atoms with Crippen LogP contribution in [0.2, 0.25) is 0 Å². The van der Waals surface area contributed by atoms with Crippen molar-refractivity contribution in [3.8, 4) is 0 Å². The van der Waals surface area contributed by atoms with Crippen LogP contribution in [0, 0.1) is 11.2 Å². The van der Waals surface area contributed by atoms with Crippen LogP contribution in [0.1, 0.15) is 44.7 Å². The molecule has 1 saturated heterocycles. The number of likely N-dealkylation sites (tertiary alicyclic amines) is 1. The van der Waals surface area contributed by atoms with Crippen molar-refractivity contribution in [2.24, 2.45) is 5.41 Å². The summed E-state index contributed by atoms with van der Waals surface area (Å²) >= 11 is 0. The number of urea groups is 1. The van der Waals surface area contributed by atoms with Gasteiger partial charge in [-0.25, -0.2) is 9.18 Å². The Labute approximate surface area is 131 Å². The second kappa shape index (κ2) is 7.09. The van der Waals surface area contributed by atoms with Gasteiger partial charge in [-0.05, 0) is 42.4 Å². The summed E-state index contributed by atoms with van der Waals surface area (Å²) in [7, 11) is 0. The molecule has 1 fully saturated rings. The first-order valence-electron chi connectivity index (χ1n) is 7.84.